The van der Waals surface area contributed by atoms with E-state index in [0.29, 0.717) is 10.2 Å². The lowest BCUT2D eigenvalue weighted by molar-refractivity contribution is -0.119. The second-order valence-electron chi connectivity index (χ2n) is 4.38. The molecule has 0 radical (unpaired) electrons. The van der Waals surface area contributed by atoms with Crippen LogP contribution in [0.4, 0.5) is 5.69 Å². The summed E-state index contributed by atoms with van der Waals surface area (Å²) in [4.78, 5) is 27.3. The van der Waals surface area contributed by atoms with Gasteiger partial charge >= 0.3 is 5.97 Å². The van der Waals surface area contributed by atoms with Crippen molar-refractivity contribution in [3.63, 3.8) is 0 Å². The maximum atomic E-state index is 11.7. The Hall–Kier alpha value is -2.21. The van der Waals surface area contributed by atoms with Gasteiger partial charge in [-0.3, -0.25) is 9.78 Å². The number of benzene rings is 1. The summed E-state index contributed by atoms with van der Waals surface area (Å²) in [5.74, 6) is -0.988. The number of pyridine rings is 1. The molecule has 0 aliphatic rings. The predicted molar refractivity (Wildman–Crippen MR) is 82.0 cm³/mol. The predicted octanol–water partition coefficient (Wildman–Crippen LogP) is 2.95. The van der Waals surface area contributed by atoms with Crippen LogP contribution in [0.25, 0.3) is 0 Å². The van der Waals surface area contributed by atoms with E-state index in [9.17, 15) is 9.59 Å². The van der Waals surface area contributed by atoms with Gasteiger partial charge in [0.15, 0.2) is 6.61 Å². The van der Waals surface area contributed by atoms with Crippen molar-refractivity contribution in [2.75, 3.05) is 11.9 Å². The van der Waals surface area contributed by atoms with E-state index >= 15 is 0 Å². The number of aromatic nitrogens is 1. The summed E-state index contributed by atoms with van der Waals surface area (Å²) in [7, 11) is 0. The lowest BCUT2D eigenvalue weighted by atomic mass is 10.2. The molecule has 5 nitrogen and oxygen atoms in total. The quantitative estimate of drug-likeness (QED) is 0.862. The van der Waals surface area contributed by atoms with E-state index in [2.05, 4.69) is 26.2 Å². The van der Waals surface area contributed by atoms with Gasteiger partial charge in [0, 0.05) is 22.6 Å². The van der Waals surface area contributed by atoms with Gasteiger partial charge in [0.1, 0.15) is 0 Å². The average Bonchev–Trinajstić information content (AvgIpc) is 2.47. The molecule has 0 spiro atoms. The number of amides is 1. The van der Waals surface area contributed by atoms with Gasteiger partial charge in [0.2, 0.25) is 0 Å². The maximum Gasteiger partial charge on any atom is 0.340 e. The molecule has 0 aliphatic carbocycles. The Balaban J connectivity index is 1.86. The van der Waals surface area contributed by atoms with Gasteiger partial charge in [-0.25, -0.2) is 4.79 Å². The van der Waals surface area contributed by atoms with Crippen molar-refractivity contribution in [1.82, 2.24) is 4.98 Å². The number of carbonyl (C=O) groups excluding carboxylic acids is 2. The monoisotopic (exact) mass is 348 g/mol. The van der Waals surface area contributed by atoms with Crippen LogP contribution in [0.15, 0.2) is 47.2 Å². The molecule has 0 unspecified atom stereocenters. The van der Waals surface area contributed by atoms with Crippen LogP contribution in [0.2, 0.25) is 0 Å². The fourth-order valence-electron chi connectivity index (χ4n) is 1.57. The Kier molecular flexibility index (Phi) is 5.05. The third-order valence-electron chi connectivity index (χ3n) is 2.61. The Morgan fingerprint density at radius 2 is 1.95 bits per heavy atom. The number of hydrogen-bond donors (Lipinski definition) is 1. The molecule has 1 aromatic heterocycles. The van der Waals surface area contributed by atoms with Gasteiger partial charge in [0.25, 0.3) is 5.91 Å². The summed E-state index contributed by atoms with van der Waals surface area (Å²) in [6, 6.07) is 8.91. The molecule has 108 valence electrons. The van der Waals surface area contributed by atoms with Crippen LogP contribution in [0, 0.1) is 6.92 Å². The van der Waals surface area contributed by atoms with Crippen LogP contribution in [-0.2, 0) is 9.53 Å². The zero-order chi connectivity index (χ0) is 15.2. The number of carbonyl (C=O) groups is 2. The SMILES string of the molecule is Cc1ccc(NC(=O)COC(=O)c2cncc(Br)c2)cc1. The van der Waals surface area contributed by atoms with Crippen LogP contribution in [0.1, 0.15) is 15.9 Å². The first-order chi connectivity index (χ1) is 10.0. The van der Waals surface area contributed by atoms with Crippen LogP contribution >= 0.6 is 15.9 Å². The number of halogens is 1. The third kappa shape index (κ3) is 4.68. The lowest BCUT2D eigenvalue weighted by Crippen LogP contribution is -2.21. The van der Waals surface area contributed by atoms with Crippen LogP contribution in [0.5, 0.6) is 0 Å². The number of aryl methyl sites for hydroxylation is 1. The third-order valence-corrected chi connectivity index (χ3v) is 3.04. The highest BCUT2D eigenvalue weighted by atomic mass is 79.9. The number of anilines is 1. The number of nitrogens with one attached hydrogen (secondary N) is 1. The second-order valence-corrected chi connectivity index (χ2v) is 5.30. The van der Waals surface area contributed by atoms with Crippen LogP contribution in [0.3, 0.4) is 0 Å². The molecule has 1 N–H and O–H groups in total. The van der Waals surface area contributed by atoms with Gasteiger partial charge in [-0.15, -0.1) is 0 Å². The molecule has 0 saturated carbocycles. The minimum atomic E-state index is -0.595. The highest BCUT2D eigenvalue weighted by Crippen LogP contribution is 2.11. The van der Waals surface area contributed by atoms with Crippen molar-refractivity contribution in [3.8, 4) is 0 Å². The van der Waals surface area contributed by atoms with Crippen molar-refractivity contribution >= 4 is 33.5 Å². The smallest absolute Gasteiger partial charge is 0.340 e. The van der Waals surface area contributed by atoms with Gasteiger partial charge in [-0.2, -0.15) is 0 Å². The summed E-state index contributed by atoms with van der Waals surface area (Å²) >= 11 is 3.21. The van der Waals surface area contributed by atoms with Crippen molar-refractivity contribution in [2.24, 2.45) is 0 Å². The maximum absolute atomic E-state index is 11.7. The van der Waals surface area contributed by atoms with Gasteiger partial charge < -0.3 is 10.1 Å². The van der Waals surface area contributed by atoms with Gasteiger partial charge in [0.05, 0.1) is 5.56 Å². The Labute approximate surface area is 130 Å². The molecule has 6 heteroatoms. The first-order valence-electron chi connectivity index (χ1n) is 6.19. The molecule has 1 amide bonds. The average molecular weight is 349 g/mol. The zero-order valence-electron chi connectivity index (χ0n) is 11.3. The standard InChI is InChI=1S/C15H13BrN2O3/c1-10-2-4-13(5-3-10)18-14(19)9-21-15(20)11-6-12(16)8-17-7-11/h2-8H,9H2,1H3,(H,18,19). The molecule has 0 atom stereocenters. The number of ether oxygens (including phenoxy) is 1. The van der Waals surface area contributed by atoms with E-state index in [1.807, 2.05) is 19.1 Å². The number of rotatable bonds is 4. The summed E-state index contributed by atoms with van der Waals surface area (Å²) in [5, 5.41) is 2.65. The minimum absolute atomic E-state index is 0.285. The largest absolute Gasteiger partial charge is 0.452 e. The zero-order valence-corrected chi connectivity index (χ0v) is 12.9. The van der Waals surface area contributed by atoms with Crippen LogP contribution in [-0.4, -0.2) is 23.5 Å². The van der Waals surface area contributed by atoms with E-state index in [4.69, 9.17) is 4.74 Å². The first-order valence-corrected chi connectivity index (χ1v) is 6.98. The van der Waals surface area contributed by atoms with Crippen molar-refractivity contribution in [3.05, 3.63) is 58.3 Å². The number of esters is 1. The topological polar surface area (TPSA) is 68.3 Å². The molecular weight excluding hydrogens is 336 g/mol. The fraction of sp³-hybridized carbons (Fsp3) is 0.133. The number of nitrogens with zero attached hydrogens (tertiary/aromatic N) is 1. The van der Waals surface area contributed by atoms with E-state index < -0.39 is 11.9 Å². The summed E-state index contributed by atoms with van der Waals surface area (Å²) in [6.45, 7) is 1.61. The summed E-state index contributed by atoms with van der Waals surface area (Å²) in [6.07, 6.45) is 2.94. The van der Waals surface area contributed by atoms with E-state index in [0.717, 1.165) is 5.56 Å². The normalized spacial score (nSPS) is 10.0. The Morgan fingerprint density at radius 3 is 2.62 bits per heavy atom. The molecule has 21 heavy (non-hydrogen) atoms. The molecule has 2 aromatic rings. The molecule has 0 fully saturated rings. The van der Waals surface area contributed by atoms with E-state index in [-0.39, 0.29) is 12.2 Å². The highest BCUT2D eigenvalue weighted by Gasteiger charge is 2.11. The lowest BCUT2D eigenvalue weighted by Gasteiger charge is -2.07. The number of hydrogen-bond acceptors (Lipinski definition) is 4. The van der Waals surface area contributed by atoms with Crippen molar-refractivity contribution < 1.29 is 14.3 Å². The van der Waals surface area contributed by atoms with E-state index in [1.165, 1.54) is 6.20 Å². The summed E-state index contributed by atoms with van der Waals surface area (Å²) in [5.41, 5.74) is 2.04. The molecule has 1 heterocycles. The van der Waals surface area contributed by atoms with Gasteiger partial charge in [-0.05, 0) is 41.1 Å². The fourth-order valence-corrected chi connectivity index (χ4v) is 1.94. The van der Waals surface area contributed by atoms with Crippen LogP contribution < -0.4 is 5.32 Å². The second kappa shape index (κ2) is 6.99. The summed E-state index contributed by atoms with van der Waals surface area (Å²) < 4.78 is 5.60. The van der Waals surface area contributed by atoms with Crippen molar-refractivity contribution in [2.45, 2.75) is 6.92 Å². The highest BCUT2D eigenvalue weighted by molar-refractivity contribution is 9.10. The Bertz CT molecular complexity index is 656. The molecule has 2 rings (SSSR count). The molecule has 0 saturated heterocycles. The molecule has 0 bridgehead atoms. The van der Waals surface area contributed by atoms with E-state index in [1.54, 1.807) is 24.4 Å². The van der Waals surface area contributed by atoms with Crippen molar-refractivity contribution in [1.29, 1.82) is 0 Å². The van der Waals surface area contributed by atoms with Gasteiger partial charge in [-0.1, -0.05) is 17.7 Å². The first kappa shape index (κ1) is 15.2. The molecule has 1 aromatic carbocycles. The molecular formula is C15H13BrN2O3. The Morgan fingerprint density at radius 1 is 1.24 bits per heavy atom. The minimum Gasteiger partial charge on any atom is -0.452 e. The molecule has 0 aliphatic heterocycles.